The molecule has 35 heavy (non-hydrogen) atoms. The van der Waals surface area contributed by atoms with Crippen molar-refractivity contribution in [2.75, 3.05) is 19.8 Å². The van der Waals surface area contributed by atoms with Gasteiger partial charge in [0.05, 0.1) is 29.7 Å². The van der Waals surface area contributed by atoms with Gasteiger partial charge in [0.1, 0.15) is 17.4 Å². The molecule has 0 aliphatic heterocycles. The van der Waals surface area contributed by atoms with E-state index in [0.717, 1.165) is 24.1 Å². The lowest BCUT2D eigenvalue weighted by Gasteiger charge is -2.29. The standard InChI is InChI=1S/C27H35F2N3O3/c1-5-6-14-34-18-24(33)16-31(19(2)3)17-26-20(4)30-32(23-12-10-21(28)11-13-23)27(26)35-25-9-7-8-22(29)15-25/h7-13,15,19,24,33H,5-6,14,16-18H2,1-4H3. The van der Waals surface area contributed by atoms with Crippen molar-refractivity contribution in [2.45, 2.75) is 59.2 Å². The lowest BCUT2D eigenvalue weighted by molar-refractivity contribution is 0.00842. The Bertz CT molecular complexity index is 1070. The van der Waals surface area contributed by atoms with Crippen molar-refractivity contribution >= 4 is 0 Å². The van der Waals surface area contributed by atoms with Crippen LogP contribution in [0.25, 0.3) is 5.69 Å². The molecule has 0 fully saturated rings. The van der Waals surface area contributed by atoms with E-state index in [1.54, 1.807) is 28.9 Å². The minimum Gasteiger partial charge on any atom is -0.438 e. The normalized spacial score (nSPS) is 12.5. The monoisotopic (exact) mass is 487 g/mol. The maximum atomic E-state index is 13.9. The molecule has 0 saturated heterocycles. The van der Waals surface area contributed by atoms with Crippen molar-refractivity contribution in [1.29, 1.82) is 0 Å². The predicted molar refractivity (Wildman–Crippen MR) is 132 cm³/mol. The minimum atomic E-state index is -0.644. The lowest BCUT2D eigenvalue weighted by atomic mass is 10.2. The van der Waals surface area contributed by atoms with Crippen LogP contribution in [0.15, 0.2) is 48.5 Å². The van der Waals surface area contributed by atoms with E-state index in [4.69, 9.17) is 9.47 Å². The Labute approximate surface area is 206 Å². The Morgan fingerprint density at radius 1 is 1.09 bits per heavy atom. The Kier molecular flexibility index (Phi) is 9.77. The molecule has 0 radical (unpaired) electrons. The fourth-order valence-corrected chi connectivity index (χ4v) is 3.67. The smallest absolute Gasteiger partial charge is 0.227 e. The summed E-state index contributed by atoms with van der Waals surface area (Å²) >= 11 is 0. The molecule has 190 valence electrons. The third-order valence-corrected chi connectivity index (χ3v) is 5.71. The number of ether oxygens (including phenoxy) is 2. The van der Waals surface area contributed by atoms with Crippen LogP contribution in [0.4, 0.5) is 8.78 Å². The molecular weight excluding hydrogens is 452 g/mol. The number of aliphatic hydroxyl groups is 1. The van der Waals surface area contributed by atoms with Crippen molar-refractivity contribution < 1.29 is 23.4 Å². The average molecular weight is 488 g/mol. The van der Waals surface area contributed by atoms with Crippen molar-refractivity contribution in [3.05, 3.63) is 71.4 Å². The van der Waals surface area contributed by atoms with Gasteiger partial charge in [0.15, 0.2) is 0 Å². The van der Waals surface area contributed by atoms with Gasteiger partial charge in [0.25, 0.3) is 0 Å². The van der Waals surface area contributed by atoms with E-state index >= 15 is 0 Å². The van der Waals surface area contributed by atoms with Gasteiger partial charge in [0, 0.05) is 31.8 Å². The summed E-state index contributed by atoms with van der Waals surface area (Å²) in [6.45, 7) is 9.82. The average Bonchev–Trinajstić information content (AvgIpc) is 3.11. The first-order valence-electron chi connectivity index (χ1n) is 12.1. The molecule has 1 N–H and O–H groups in total. The van der Waals surface area contributed by atoms with E-state index in [2.05, 4.69) is 30.8 Å². The molecule has 0 aliphatic rings. The highest BCUT2D eigenvalue weighted by Crippen LogP contribution is 2.32. The number of rotatable bonds is 13. The maximum Gasteiger partial charge on any atom is 0.227 e. The van der Waals surface area contributed by atoms with Gasteiger partial charge in [-0.25, -0.2) is 13.5 Å². The first-order chi connectivity index (χ1) is 16.8. The first-order valence-corrected chi connectivity index (χ1v) is 12.1. The molecule has 6 nitrogen and oxygen atoms in total. The second-order valence-electron chi connectivity index (χ2n) is 8.92. The first kappa shape index (κ1) is 26.8. The van der Waals surface area contributed by atoms with E-state index in [-0.39, 0.29) is 18.5 Å². The predicted octanol–water partition coefficient (Wildman–Crippen LogP) is 5.64. The van der Waals surface area contributed by atoms with Gasteiger partial charge in [-0.2, -0.15) is 5.10 Å². The Hall–Kier alpha value is -2.81. The minimum absolute atomic E-state index is 0.121. The summed E-state index contributed by atoms with van der Waals surface area (Å²) in [5, 5.41) is 15.2. The number of aromatic nitrogens is 2. The molecular formula is C27H35F2N3O3. The van der Waals surface area contributed by atoms with Gasteiger partial charge in [-0.3, -0.25) is 4.90 Å². The molecule has 1 atom stereocenters. The molecule has 0 aliphatic carbocycles. The van der Waals surface area contributed by atoms with Gasteiger partial charge < -0.3 is 14.6 Å². The number of hydrogen-bond donors (Lipinski definition) is 1. The van der Waals surface area contributed by atoms with Gasteiger partial charge in [-0.1, -0.05) is 19.4 Å². The van der Waals surface area contributed by atoms with Crippen molar-refractivity contribution in [3.8, 4) is 17.3 Å². The molecule has 0 bridgehead atoms. The third kappa shape index (κ3) is 7.59. The van der Waals surface area contributed by atoms with Gasteiger partial charge in [0.2, 0.25) is 5.88 Å². The second-order valence-corrected chi connectivity index (χ2v) is 8.92. The molecule has 0 amide bonds. The Balaban J connectivity index is 1.90. The van der Waals surface area contributed by atoms with Crippen LogP contribution in [0, 0.1) is 18.6 Å². The molecule has 1 unspecified atom stereocenters. The van der Waals surface area contributed by atoms with Crippen LogP contribution in [0.1, 0.15) is 44.9 Å². The molecule has 1 aromatic heterocycles. The quantitative estimate of drug-likeness (QED) is 0.316. The van der Waals surface area contributed by atoms with Gasteiger partial charge >= 0.3 is 0 Å². The third-order valence-electron chi connectivity index (χ3n) is 5.71. The molecule has 0 spiro atoms. The fourth-order valence-electron chi connectivity index (χ4n) is 3.67. The highest BCUT2D eigenvalue weighted by molar-refractivity contribution is 5.43. The zero-order valence-corrected chi connectivity index (χ0v) is 20.9. The molecule has 0 saturated carbocycles. The Morgan fingerprint density at radius 2 is 1.83 bits per heavy atom. The largest absolute Gasteiger partial charge is 0.438 e. The highest BCUT2D eigenvalue weighted by atomic mass is 19.1. The van der Waals surface area contributed by atoms with Crippen LogP contribution < -0.4 is 4.74 Å². The SMILES string of the molecule is CCCCOCC(O)CN(Cc1c(C)nn(-c2ccc(F)cc2)c1Oc1cccc(F)c1)C(C)C. The fraction of sp³-hybridized carbons (Fsp3) is 0.444. The number of aliphatic hydroxyl groups excluding tert-OH is 1. The van der Waals surface area contributed by atoms with E-state index in [1.807, 2.05) is 6.92 Å². The van der Waals surface area contributed by atoms with Crippen LogP contribution in [0.5, 0.6) is 11.6 Å². The van der Waals surface area contributed by atoms with E-state index in [1.165, 1.54) is 24.3 Å². The number of benzene rings is 2. The number of hydrogen-bond acceptors (Lipinski definition) is 5. The summed E-state index contributed by atoms with van der Waals surface area (Å²) in [5.41, 5.74) is 2.14. The lowest BCUT2D eigenvalue weighted by Crippen LogP contribution is -2.39. The molecule has 1 heterocycles. The van der Waals surface area contributed by atoms with E-state index in [0.29, 0.717) is 37.0 Å². The van der Waals surface area contributed by atoms with Crippen molar-refractivity contribution in [3.63, 3.8) is 0 Å². The van der Waals surface area contributed by atoms with E-state index in [9.17, 15) is 13.9 Å². The van der Waals surface area contributed by atoms with Crippen molar-refractivity contribution in [1.82, 2.24) is 14.7 Å². The summed E-state index contributed by atoms with van der Waals surface area (Å²) in [4.78, 5) is 2.12. The summed E-state index contributed by atoms with van der Waals surface area (Å²) in [7, 11) is 0. The van der Waals surface area contributed by atoms with Crippen LogP contribution in [0.2, 0.25) is 0 Å². The maximum absolute atomic E-state index is 13.9. The Morgan fingerprint density at radius 3 is 2.49 bits per heavy atom. The van der Waals surface area contributed by atoms with Gasteiger partial charge in [-0.15, -0.1) is 0 Å². The molecule has 2 aromatic carbocycles. The van der Waals surface area contributed by atoms with Crippen LogP contribution in [0.3, 0.4) is 0 Å². The molecule has 3 aromatic rings. The number of halogens is 2. The van der Waals surface area contributed by atoms with Crippen LogP contribution in [-0.4, -0.2) is 51.7 Å². The number of unbranched alkanes of at least 4 members (excludes halogenated alkanes) is 1. The van der Waals surface area contributed by atoms with E-state index < -0.39 is 11.9 Å². The second kappa shape index (κ2) is 12.8. The van der Waals surface area contributed by atoms with Crippen LogP contribution >= 0.6 is 0 Å². The zero-order chi connectivity index (χ0) is 25.4. The summed E-state index contributed by atoms with van der Waals surface area (Å²) < 4.78 is 40.8. The summed E-state index contributed by atoms with van der Waals surface area (Å²) in [6.07, 6.45) is 1.36. The zero-order valence-electron chi connectivity index (χ0n) is 20.9. The van der Waals surface area contributed by atoms with Crippen LogP contribution in [-0.2, 0) is 11.3 Å². The number of aryl methyl sites for hydroxylation is 1. The topological polar surface area (TPSA) is 59.8 Å². The number of nitrogens with zero attached hydrogens (tertiary/aromatic N) is 3. The highest BCUT2D eigenvalue weighted by Gasteiger charge is 2.24. The molecule has 3 rings (SSSR count). The molecule has 8 heteroatoms. The van der Waals surface area contributed by atoms with Crippen molar-refractivity contribution in [2.24, 2.45) is 0 Å². The summed E-state index contributed by atoms with van der Waals surface area (Å²) in [5.74, 6) is -0.0239. The summed E-state index contributed by atoms with van der Waals surface area (Å²) in [6, 6.07) is 12.0. The van der Waals surface area contributed by atoms with Gasteiger partial charge in [-0.05, 0) is 63.6 Å².